The van der Waals surface area contributed by atoms with Crippen LogP contribution in [0.15, 0.2) is 24.4 Å². The Hall–Kier alpha value is -1.90. The minimum absolute atomic E-state index is 0.0474. The van der Waals surface area contributed by atoms with E-state index in [9.17, 15) is 4.79 Å². The van der Waals surface area contributed by atoms with Crippen LogP contribution in [-0.4, -0.2) is 16.4 Å². The minimum Gasteiger partial charge on any atom is -0.351 e. The van der Waals surface area contributed by atoms with Crippen LogP contribution in [0.1, 0.15) is 44.4 Å². The molecule has 0 saturated carbocycles. The number of fused-ring (bicyclic) bond motifs is 1. The normalized spacial score (nSPS) is 13.2. The van der Waals surface area contributed by atoms with Crippen LogP contribution >= 0.6 is 0 Å². The van der Waals surface area contributed by atoms with Crippen LogP contribution in [0.2, 0.25) is 0 Å². The third-order valence-electron chi connectivity index (χ3n) is 3.66. The van der Waals surface area contributed by atoms with Crippen LogP contribution in [0.4, 0.5) is 0 Å². The van der Waals surface area contributed by atoms with Gasteiger partial charge in [0.1, 0.15) is 0 Å². The number of carbonyl (C=O) groups is 1. The summed E-state index contributed by atoms with van der Waals surface area (Å²) in [5.74, 6) is 0.0569. The topological polar surface area (TPSA) is 42.0 Å². The zero-order valence-corrected chi connectivity index (χ0v) is 14.4. The monoisotopic (exact) mass is 298 g/mol. The Morgan fingerprint density at radius 1 is 1.23 bits per heavy atom. The lowest BCUT2D eigenvalue weighted by atomic mass is 9.95. The van der Waals surface area contributed by atoms with Gasteiger partial charge in [-0.25, -0.2) is 0 Å². The summed E-state index contributed by atoms with van der Waals surface area (Å²) in [6.07, 6.45) is 2.64. The van der Waals surface area contributed by atoms with Crippen molar-refractivity contribution in [3.63, 3.8) is 0 Å². The second kappa shape index (κ2) is 6.07. The van der Waals surface area contributed by atoms with Crippen LogP contribution in [0.25, 0.3) is 10.9 Å². The van der Waals surface area contributed by atoms with Crippen LogP contribution in [-0.2, 0) is 11.2 Å². The molecule has 1 unspecified atom stereocenters. The average Bonchev–Trinajstić information content (AvgIpc) is 2.35. The highest BCUT2D eigenvalue weighted by molar-refractivity contribution is 5.83. The Morgan fingerprint density at radius 2 is 1.91 bits per heavy atom. The molecule has 22 heavy (non-hydrogen) atoms. The van der Waals surface area contributed by atoms with Gasteiger partial charge >= 0.3 is 0 Å². The second-order valence-corrected chi connectivity index (χ2v) is 7.34. The molecule has 0 fully saturated rings. The Bertz CT molecular complexity index is 698. The first-order valence-corrected chi connectivity index (χ1v) is 7.83. The largest absolute Gasteiger partial charge is 0.351 e. The minimum atomic E-state index is -0.189. The lowest BCUT2D eigenvalue weighted by molar-refractivity contribution is -0.125. The fraction of sp³-hybridized carbons (Fsp3) is 0.474. The third kappa shape index (κ3) is 4.06. The molecule has 118 valence electrons. The van der Waals surface area contributed by atoms with Gasteiger partial charge in [-0.1, -0.05) is 13.0 Å². The fourth-order valence-electron chi connectivity index (χ4n) is 2.68. The SMILES string of the molecule is Cc1cnc2c(C)cc(CC(C)C(=O)NC(C)(C)C)cc2c1. The van der Waals surface area contributed by atoms with E-state index < -0.39 is 0 Å². The van der Waals surface area contributed by atoms with E-state index in [4.69, 9.17) is 0 Å². The van der Waals surface area contributed by atoms with E-state index in [2.05, 4.69) is 35.4 Å². The summed E-state index contributed by atoms with van der Waals surface area (Å²) < 4.78 is 0. The van der Waals surface area contributed by atoms with E-state index in [-0.39, 0.29) is 17.4 Å². The van der Waals surface area contributed by atoms with Crippen molar-refractivity contribution in [3.05, 3.63) is 41.1 Å². The molecule has 0 spiro atoms. The molecular formula is C19H26N2O. The van der Waals surface area contributed by atoms with Gasteiger partial charge in [-0.05, 0) is 69.9 Å². The van der Waals surface area contributed by atoms with Gasteiger partial charge < -0.3 is 5.32 Å². The Kier molecular flexibility index (Phi) is 4.55. The number of rotatable bonds is 3. The van der Waals surface area contributed by atoms with Gasteiger partial charge in [0.2, 0.25) is 5.91 Å². The molecule has 0 radical (unpaired) electrons. The molecule has 1 aromatic heterocycles. The van der Waals surface area contributed by atoms with Crippen molar-refractivity contribution in [2.75, 3.05) is 0 Å². The number of nitrogens with zero attached hydrogens (tertiary/aromatic N) is 1. The number of benzene rings is 1. The molecule has 0 aliphatic heterocycles. The summed E-state index contributed by atoms with van der Waals surface area (Å²) in [5.41, 5.74) is 4.36. The van der Waals surface area contributed by atoms with Gasteiger partial charge in [0, 0.05) is 23.0 Å². The number of pyridine rings is 1. The molecule has 1 amide bonds. The predicted molar refractivity (Wildman–Crippen MR) is 92.0 cm³/mol. The molecular weight excluding hydrogens is 272 g/mol. The van der Waals surface area contributed by atoms with Gasteiger partial charge in [-0.15, -0.1) is 0 Å². The zero-order chi connectivity index (χ0) is 16.5. The standard InChI is InChI=1S/C19H26N2O/c1-12-7-16-10-15(8-13(2)17(16)20-11-12)9-14(3)18(22)21-19(4,5)6/h7-8,10-11,14H,9H2,1-6H3,(H,21,22). The molecule has 0 aliphatic rings. The first-order valence-electron chi connectivity index (χ1n) is 7.83. The van der Waals surface area contributed by atoms with Crippen molar-refractivity contribution in [1.82, 2.24) is 10.3 Å². The molecule has 2 rings (SSSR count). The summed E-state index contributed by atoms with van der Waals surface area (Å²) in [6.45, 7) is 12.1. The smallest absolute Gasteiger partial charge is 0.223 e. The molecule has 2 aromatic rings. The van der Waals surface area contributed by atoms with Crippen LogP contribution in [0.3, 0.4) is 0 Å². The van der Waals surface area contributed by atoms with Crippen LogP contribution in [0, 0.1) is 19.8 Å². The number of nitrogens with one attached hydrogen (secondary N) is 1. The predicted octanol–water partition coefficient (Wildman–Crippen LogP) is 3.94. The average molecular weight is 298 g/mol. The highest BCUT2D eigenvalue weighted by atomic mass is 16.2. The molecule has 1 atom stereocenters. The first kappa shape index (κ1) is 16.5. The summed E-state index contributed by atoms with van der Waals surface area (Å²) in [6, 6.07) is 6.45. The lowest BCUT2D eigenvalue weighted by Crippen LogP contribution is -2.43. The number of hydrogen-bond donors (Lipinski definition) is 1. The van der Waals surface area contributed by atoms with E-state index in [0.717, 1.165) is 28.5 Å². The van der Waals surface area contributed by atoms with Crippen molar-refractivity contribution >= 4 is 16.8 Å². The Labute approximate surface area is 133 Å². The van der Waals surface area contributed by atoms with Crippen molar-refractivity contribution in [2.45, 2.75) is 53.5 Å². The van der Waals surface area contributed by atoms with Crippen molar-refractivity contribution in [1.29, 1.82) is 0 Å². The summed E-state index contributed by atoms with van der Waals surface area (Å²) in [7, 11) is 0. The molecule has 0 saturated heterocycles. The fourth-order valence-corrected chi connectivity index (χ4v) is 2.68. The molecule has 0 bridgehead atoms. The highest BCUT2D eigenvalue weighted by Gasteiger charge is 2.19. The summed E-state index contributed by atoms with van der Waals surface area (Å²) in [5, 5.41) is 4.20. The summed E-state index contributed by atoms with van der Waals surface area (Å²) in [4.78, 5) is 16.7. The van der Waals surface area contributed by atoms with Crippen LogP contribution < -0.4 is 5.32 Å². The van der Waals surface area contributed by atoms with E-state index in [1.54, 1.807) is 0 Å². The highest BCUT2D eigenvalue weighted by Crippen LogP contribution is 2.22. The summed E-state index contributed by atoms with van der Waals surface area (Å²) >= 11 is 0. The lowest BCUT2D eigenvalue weighted by Gasteiger charge is -2.23. The van der Waals surface area contributed by atoms with Gasteiger partial charge in [0.05, 0.1) is 5.52 Å². The molecule has 1 aromatic carbocycles. The van der Waals surface area contributed by atoms with Crippen LogP contribution in [0.5, 0.6) is 0 Å². The van der Waals surface area contributed by atoms with Gasteiger partial charge in [-0.3, -0.25) is 9.78 Å². The number of aryl methyl sites for hydroxylation is 2. The molecule has 1 N–H and O–H groups in total. The third-order valence-corrected chi connectivity index (χ3v) is 3.66. The number of amides is 1. The zero-order valence-electron chi connectivity index (χ0n) is 14.4. The first-order chi connectivity index (χ1) is 10.2. The second-order valence-electron chi connectivity index (χ2n) is 7.34. The van der Waals surface area contributed by atoms with E-state index in [1.165, 1.54) is 5.56 Å². The maximum atomic E-state index is 12.2. The van der Waals surface area contributed by atoms with Gasteiger partial charge in [0.15, 0.2) is 0 Å². The van der Waals surface area contributed by atoms with Crippen molar-refractivity contribution in [3.8, 4) is 0 Å². The molecule has 3 nitrogen and oxygen atoms in total. The van der Waals surface area contributed by atoms with E-state index in [0.29, 0.717) is 0 Å². The maximum Gasteiger partial charge on any atom is 0.223 e. The van der Waals surface area contributed by atoms with E-state index >= 15 is 0 Å². The number of hydrogen-bond acceptors (Lipinski definition) is 2. The van der Waals surface area contributed by atoms with Crippen molar-refractivity contribution < 1.29 is 4.79 Å². The quantitative estimate of drug-likeness (QED) is 0.932. The number of aromatic nitrogens is 1. The van der Waals surface area contributed by atoms with Gasteiger partial charge in [-0.2, -0.15) is 0 Å². The maximum absolute atomic E-state index is 12.2. The molecule has 0 aliphatic carbocycles. The Morgan fingerprint density at radius 3 is 2.55 bits per heavy atom. The van der Waals surface area contributed by atoms with Crippen molar-refractivity contribution in [2.24, 2.45) is 5.92 Å². The molecule has 3 heteroatoms. The number of carbonyl (C=O) groups excluding carboxylic acids is 1. The van der Waals surface area contributed by atoms with Gasteiger partial charge in [0.25, 0.3) is 0 Å². The molecule has 1 heterocycles. The van der Waals surface area contributed by atoms with E-state index in [1.807, 2.05) is 40.8 Å². The Balaban J connectivity index is 2.22.